The lowest BCUT2D eigenvalue weighted by molar-refractivity contribution is -0.891. The molecule has 0 radical (unpaired) electrons. The van der Waals surface area contributed by atoms with E-state index in [9.17, 15) is 0 Å². The second kappa shape index (κ2) is 27.3. The number of alkyl halides is 2. The highest BCUT2D eigenvalue weighted by Crippen LogP contribution is 2.49. The molecule has 4 aliphatic carbocycles. The van der Waals surface area contributed by atoms with E-state index in [4.69, 9.17) is 0 Å². The van der Waals surface area contributed by atoms with Crippen LogP contribution in [0, 0.1) is 71.0 Å². The predicted molar refractivity (Wildman–Crippen MR) is 265 cm³/mol. The first-order chi connectivity index (χ1) is 27.9. The van der Waals surface area contributed by atoms with Crippen molar-refractivity contribution in [3.05, 3.63) is 0 Å². The van der Waals surface area contributed by atoms with Crippen molar-refractivity contribution in [2.24, 2.45) is 71.0 Å². The topological polar surface area (TPSA) is 0 Å². The van der Waals surface area contributed by atoms with Gasteiger partial charge in [-0.15, -0.1) is 0 Å². The molecule has 4 heteroatoms. The van der Waals surface area contributed by atoms with Crippen molar-refractivity contribution in [2.45, 2.75) is 207 Å². The minimum Gasteiger partial charge on any atom is -0.328 e. The third-order valence-electron chi connectivity index (χ3n) is 18.2. The number of unbranched alkanes of at least 4 members (excludes halogenated alkanes) is 3. The first kappa shape index (κ1) is 51.5. The van der Waals surface area contributed by atoms with Crippen molar-refractivity contribution in [1.82, 2.24) is 0 Å². The smallest absolute Gasteiger partial charge is 0.0782 e. The predicted octanol–water partition coefficient (Wildman–Crippen LogP) is 16.4. The molecule has 4 rings (SSSR count). The summed E-state index contributed by atoms with van der Waals surface area (Å²) in [6.45, 7) is 15.4. The molecule has 0 saturated heterocycles. The van der Waals surface area contributed by atoms with Crippen LogP contribution in [-0.4, -0.2) is 74.0 Å². The molecule has 4 aliphatic rings. The highest BCUT2D eigenvalue weighted by molar-refractivity contribution is 9.09. The third-order valence-corrected chi connectivity index (χ3v) is 19.3. The van der Waals surface area contributed by atoms with E-state index < -0.39 is 0 Å². The number of hydrogen-bond acceptors (Lipinski definition) is 0. The van der Waals surface area contributed by atoms with Crippen molar-refractivity contribution in [3.63, 3.8) is 0 Å². The monoisotopic (exact) mass is 939 g/mol. The van der Waals surface area contributed by atoms with E-state index >= 15 is 0 Å². The molecule has 4 fully saturated rings. The summed E-state index contributed by atoms with van der Waals surface area (Å²) in [7, 11) is 10.1. The van der Waals surface area contributed by atoms with Gasteiger partial charge >= 0.3 is 0 Å². The van der Waals surface area contributed by atoms with E-state index in [-0.39, 0.29) is 0 Å². The van der Waals surface area contributed by atoms with Crippen LogP contribution in [0.4, 0.5) is 0 Å². The fourth-order valence-corrected chi connectivity index (χ4v) is 15.1. The fourth-order valence-electron chi connectivity index (χ4n) is 14.4. The summed E-state index contributed by atoms with van der Waals surface area (Å²) < 4.78 is 2.48. The summed E-state index contributed by atoms with van der Waals surface area (Å²) in [5, 5.41) is 2.39. The number of hydrogen-bond donors (Lipinski definition) is 0. The van der Waals surface area contributed by atoms with Gasteiger partial charge in [0.05, 0.1) is 54.4 Å². The molecule has 0 bridgehead atoms. The van der Waals surface area contributed by atoms with Gasteiger partial charge in [0.15, 0.2) is 0 Å². The molecule has 58 heavy (non-hydrogen) atoms. The normalized spacial score (nSPS) is 33.2. The second-order valence-corrected chi connectivity index (χ2v) is 24.9. The Morgan fingerprint density at radius 1 is 0.310 bits per heavy atom. The van der Waals surface area contributed by atoms with Crippen LogP contribution in [0.2, 0.25) is 0 Å². The molecule has 0 aromatic carbocycles. The summed E-state index contributed by atoms with van der Waals surface area (Å²) in [5.41, 5.74) is 0. The molecule has 4 saturated carbocycles. The summed E-state index contributed by atoms with van der Waals surface area (Å²) in [5.74, 6) is 12.3. The van der Waals surface area contributed by atoms with E-state index in [1.165, 1.54) is 174 Å². The lowest BCUT2D eigenvalue weighted by Gasteiger charge is -2.31. The molecule has 0 aliphatic heterocycles. The Labute approximate surface area is 382 Å². The third kappa shape index (κ3) is 17.8. The minimum absolute atomic E-state index is 1.01. The molecule has 0 amide bonds. The minimum atomic E-state index is 1.01. The zero-order valence-corrected chi connectivity index (χ0v) is 43.8. The molecule has 0 heterocycles. The highest BCUT2D eigenvalue weighted by Gasteiger charge is 2.38. The van der Waals surface area contributed by atoms with E-state index in [0.717, 1.165) is 71.0 Å². The van der Waals surface area contributed by atoms with Gasteiger partial charge in [0.1, 0.15) is 0 Å². The van der Waals surface area contributed by atoms with Crippen LogP contribution in [0.3, 0.4) is 0 Å². The molecular weight excluding hydrogens is 836 g/mol. The van der Waals surface area contributed by atoms with Crippen LogP contribution in [0.5, 0.6) is 0 Å². The maximum Gasteiger partial charge on any atom is 0.0782 e. The number of halogens is 2. The number of rotatable bonds is 31. The van der Waals surface area contributed by atoms with Crippen LogP contribution in [0.25, 0.3) is 0 Å². The van der Waals surface area contributed by atoms with Crippen molar-refractivity contribution in [3.8, 4) is 0 Å². The largest absolute Gasteiger partial charge is 0.328 e. The zero-order chi connectivity index (χ0) is 42.0. The van der Waals surface area contributed by atoms with Crippen molar-refractivity contribution in [1.29, 1.82) is 0 Å². The summed E-state index contributed by atoms with van der Waals surface area (Å²) in [6, 6.07) is 0. The SMILES string of the molecule is CCC1CC(CCCBr)C(CCC2CC(CC)C(CCC[N+](C)(C)CCCCCC[N+](C)(C)CCCC3CC(CC)CC3CCC3CC(CC)C(CCCBr)C3)C2)C1. The summed E-state index contributed by atoms with van der Waals surface area (Å²) in [4.78, 5) is 0. The van der Waals surface area contributed by atoms with Crippen molar-refractivity contribution in [2.75, 3.05) is 65.0 Å². The van der Waals surface area contributed by atoms with E-state index in [1.54, 1.807) is 51.4 Å². The number of quaternary nitrogens is 2. The number of nitrogens with zero attached hydrogens (tertiary/aromatic N) is 2. The molecule has 0 spiro atoms. The van der Waals surface area contributed by atoms with Crippen molar-refractivity contribution < 1.29 is 8.97 Å². The van der Waals surface area contributed by atoms with Gasteiger partial charge in [-0.25, -0.2) is 0 Å². The van der Waals surface area contributed by atoms with Gasteiger partial charge in [-0.2, -0.15) is 0 Å². The van der Waals surface area contributed by atoms with Crippen LogP contribution in [-0.2, 0) is 0 Å². The molecule has 12 atom stereocenters. The van der Waals surface area contributed by atoms with E-state index in [1.807, 2.05) is 0 Å². The maximum absolute atomic E-state index is 3.71. The van der Waals surface area contributed by atoms with Gasteiger partial charge in [-0.05, 0) is 212 Å². The Balaban J connectivity index is 1.05. The Morgan fingerprint density at radius 3 is 0.948 bits per heavy atom. The summed E-state index contributed by atoms with van der Waals surface area (Å²) in [6.07, 6.45) is 41.5. The molecule has 0 aromatic heterocycles. The van der Waals surface area contributed by atoms with Gasteiger partial charge in [0, 0.05) is 10.7 Å². The Hall–Kier alpha value is 0.880. The summed E-state index contributed by atoms with van der Waals surface area (Å²) >= 11 is 7.41. The molecule has 0 N–H and O–H groups in total. The zero-order valence-electron chi connectivity index (χ0n) is 40.6. The molecule has 12 unspecified atom stereocenters. The van der Waals surface area contributed by atoms with E-state index in [2.05, 4.69) is 87.7 Å². The van der Waals surface area contributed by atoms with Gasteiger partial charge in [0.2, 0.25) is 0 Å². The Morgan fingerprint density at radius 2 is 0.603 bits per heavy atom. The maximum atomic E-state index is 3.71. The van der Waals surface area contributed by atoms with Crippen LogP contribution in [0.1, 0.15) is 207 Å². The van der Waals surface area contributed by atoms with Gasteiger partial charge in [-0.1, -0.05) is 98.1 Å². The lowest BCUT2D eigenvalue weighted by atomic mass is 9.85. The highest BCUT2D eigenvalue weighted by atomic mass is 79.9. The average molecular weight is 941 g/mol. The Kier molecular flexibility index (Phi) is 24.2. The first-order valence-corrected chi connectivity index (χ1v) is 28.9. The molecular formula is C54H104Br2N2+2. The van der Waals surface area contributed by atoms with Gasteiger partial charge in [0.25, 0.3) is 0 Å². The fraction of sp³-hybridized carbons (Fsp3) is 1.00. The van der Waals surface area contributed by atoms with Crippen LogP contribution < -0.4 is 0 Å². The quantitative estimate of drug-likeness (QED) is 0.0369. The molecule has 0 aromatic rings. The van der Waals surface area contributed by atoms with E-state index in [0.29, 0.717) is 0 Å². The Bertz CT molecular complexity index is 1060. The van der Waals surface area contributed by atoms with Crippen LogP contribution in [0.15, 0.2) is 0 Å². The van der Waals surface area contributed by atoms with Crippen molar-refractivity contribution >= 4 is 31.9 Å². The average Bonchev–Trinajstić information content (AvgIpc) is 4.00. The molecule has 342 valence electrons. The van der Waals surface area contributed by atoms with Gasteiger partial charge < -0.3 is 8.97 Å². The lowest BCUT2D eigenvalue weighted by Crippen LogP contribution is -2.42. The van der Waals surface area contributed by atoms with Crippen LogP contribution >= 0.6 is 31.9 Å². The second-order valence-electron chi connectivity index (χ2n) is 23.3. The van der Waals surface area contributed by atoms with Gasteiger partial charge in [-0.3, -0.25) is 0 Å². The molecule has 2 nitrogen and oxygen atoms in total. The standard InChI is InChI=1S/C54H104Br2N2/c1-9-43-35-51(22-18-30-56)53(37-43)27-25-46-40-48(12-4)50(42-46)23-19-33-57(5,6)31-15-13-14-16-32-58(7,8)34-20-24-52-36-44(10-2)38-54(52)28-26-45-39-47(11-3)49(41-45)21-17-29-55/h43-54H,9-42H2,1-8H3/q+2. The first-order valence-electron chi connectivity index (χ1n) is 26.7.